The van der Waals surface area contributed by atoms with E-state index in [1.54, 1.807) is 18.4 Å². The molecule has 0 aliphatic rings. The minimum atomic E-state index is 0.720. The Morgan fingerprint density at radius 1 is 1.44 bits per heavy atom. The highest BCUT2D eigenvalue weighted by atomic mass is 32.1. The van der Waals surface area contributed by atoms with Crippen LogP contribution >= 0.6 is 11.3 Å². The van der Waals surface area contributed by atoms with Crippen LogP contribution in [0.15, 0.2) is 29.1 Å². The van der Waals surface area contributed by atoms with Gasteiger partial charge < -0.3 is 15.8 Å². The van der Waals surface area contributed by atoms with Crippen molar-refractivity contribution in [3.8, 4) is 5.75 Å². The average Bonchev–Trinajstić information content (AvgIpc) is 2.89. The van der Waals surface area contributed by atoms with E-state index in [2.05, 4.69) is 15.7 Å². The molecule has 0 aliphatic heterocycles. The fraction of sp³-hybridized carbons (Fsp3) is 0.308. The van der Waals surface area contributed by atoms with Crippen molar-refractivity contribution in [2.45, 2.75) is 13.0 Å². The molecule has 5 heteroatoms. The Balaban J connectivity index is 1.83. The molecule has 0 saturated heterocycles. The van der Waals surface area contributed by atoms with Crippen molar-refractivity contribution in [1.29, 1.82) is 0 Å². The summed E-state index contributed by atoms with van der Waals surface area (Å²) in [7, 11) is 1.66. The Morgan fingerprint density at radius 3 is 3.06 bits per heavy atom. The van der Waals surface area contributed by atoms with Gasteiger partial charge in [-0.2, -0.15) is 0 Å². The first-order valence-electron chi connectivity index (χ1n) is 5.80. The van der Waals surface area contributed by atoms with Crippen LogP contribution < -0.4 is 15.8 Å². The number of nitrogen functional groups attached to an aromatic ring is 1. The Morgan fingerprint density at radius 2 is 2.33 bits per heavy atom. The van der Waals surface area contributed by atoms with Crippen LogP contribution in [0.4, 0.5) is 5.69 Å². The van der Waals surface area contributed by atoms with E-state index in [9.17, 15) is 0 Å². The summed E-state index contributed by atoms with van der Waals surface area (Å²) >= 11 is 1.63. The number of ether oxygens (including phenoxy) is 1. The molecule has 1 aromatic heterocycles. The van der Waals surface area contributed by atoms with Crippen LogP contribution in [0.5, 0.6) is 5.75 Å². The maximum absolute atomic E-state index is 5.71. The lowest BCUT2D eigenvalue weighted by Crippen LogP contribution is -2.17. The fourth-order valence-corrected chi connectivity index (χ4v) is 2.30. The molecule has 18 heavy (non-hydrogen) atoms. The summed E-state index contributed by atoms with van der Waals surface area (Å²) < 4.78 is 5.30. The standard InChI is InChI=1S/C13H17N3OS/c1-17-13-6-11(14)3-2-10(13)7-15-5-4-12-8-18-9-16-12/h2-3,6,8-9,15H,4-5,7,14H2,1H3. The topological polar surface area (TPSA) is 60.2 Å². The summed E-state index contributed by atoms with van der Waals surface area (Å²) in [4.78, 5) is 4.24. The number of aromatic nitrogens is 1. The second kappa shape index (κ2) is 6.37. The number of hydrogen-bond acceptors (Lipinski definition) is 5. The Hall–Kier alpha value is -1.59. The molecule has 0 bridgehead atoms. The van der Waals surface area contributed by atoms with Crippen LogP contribution in [0.2, 0.25) is 0 Å². The lowest BCUT2D eigenvalue weighted by Gasteiger charge is -2.10. The van der Waals surface area contributed by atoms with E-state index in [1.807, 2.05) is 23.7 Å². The molecule has 0 saturated carbocycles. The van der Waals surface area contributed by atoms with Crippen LogP contribution in [-0.2, 0) is 13.0 Å². The minimum absolute atomic E-state index is 0.720. The van der Waals surface area contributed by atoms with Gasteiger partial charge in [-0.1, -0.05) is 6.07 Å². The molecule has 2 rings (SSSR count). The lowest BCUT2D eigenvalue weighted by atomic mass is 10.2. The number of nitrogens with zero attached hydrogens (tertiary/aromatic N) is 1. The Labute approximate surface area is 111 Å². The predicted molar refractivity (Wildman–Crippen MR) is 74.9 cm³/mol. The highest BCUT2D eigenvalue weighted by Gasteiger charge is 2.03. The number of hydrogen-bond donors (Lipinski definition) is 2. The largest absolute Gasteiger partial charge is 0.496 e. The SMILES string of the molecule is COc1cc(N)ccc1CNCCc1cscn1. The Kier molecular flexibility index (Phi) is 4.55. The second-order valence-corrected chi connectivity index (χ2v) is 4.70. The zero-order chi connectivity index (χ0) is 12.8. The number of thiazole rings is 1. The van der Waals surface area contributed by atoms with Crippen molar-refractivity contribution < 1.29 is 4.74 Å². The van der Waals surface area contributed by atoms with Crippen LogP contribution in [0.25, 0.3) is 0 Å². The fourth-order valence-electron chi connectivity index (χ4n) is 1.71. The van der Waals surface area contributed by atoms with Crippen LogP contribution in [0.3, 0.4) is 0 Å². The molecule has 4 nitrogen and oxygen atoms in total. The third kappa shape index (κ3) is 3.45. The van der Waals surface area contributed by atoms with Crippen molar-refractivity contribution in [2.24, 2.45) is 0 Å². The molecule has 0 radical (unpaired) electrons. The van der Waals surface area contributed by atoms with Gasteiger partial charge in [0.15, 0.2) is 0 Å². The number of anilines is 1. The first kappa shape index (κ1) is 12.9. The maximum Gasteiger partial charge on any atom is 0.125 e. The monoisotopic (exact) mass is 263 g/mol. The molecule has 0 unspecified atom stereocenters. The molecule has 96 valence electrons. The molecular formula is C13H17N3OS. The third-order valence-electron chi connectivity index (χ3n) is 2.67. The first-order chi connectivity index (χ1) is 8.79. The lowest BCUT2D eigenvalue weighted by molar-refractivity contribution is 0.408. The van der Waals surface area contributed by atoms with Gasteiger partial charge in [0.2, 0.25) is 0 Å². The molecule has 0 amide bonds. The summed E-state index contributed by atoms with van der Waals surface area (Å²) in [6.45, 7) is 1.67. The molecule has 0 atom stereocenters. The van der Waals surface area contributed by atoms with Gasteiger partial charge in [0.1, 0.15) is 5.75 Å². The van der Waals surface area contributed by atoms with Crippen molar-refractivity contribution in [2.75, 3.05) is 19.4 Å². The number of benzene rings is 1. The van der Waals surface area contributed by atoms with Crippen molar-refractivity contribution in [3.63, 3.8) is 0 Å². The van der Waals surface area contributed by atoms with Gasteiger partial charge in [0, 0.05) is 42.2 Å². The summed E-state index contributed by atoms with van der Waals surface area (Å²) in [6.07, 6.45) is 0.945. The molecule has 2 aromatic rings. The van der Waals surface area contributed by atoms with E-state index >= 15 is 0 Å². The molecule has 0 fully saturated rings. The van der Waals surface area contributed by atoms with Crippen LogP contribution in [0.1, 0.15) is 11.3 Å². The molecule has 1 heterocycles. The number of nitrogens with two attached hydrogens (primary N) is 1. The zero-order valence-corrected chi connectivity index (χ0v) is 11.2. The van der Waals surface area contributed by atoms with E-state index in [1.165, 1.54) is 0 Å². The molecule has 0 spiro atoms. The summed E-state index contributed by atoms with van der Waals surface area (Å²) in [6, 6.07) is 5.72. The van der Waals surface area contributed by atoms with E-state index < -0.39 is 0 Å². The van der Waals surface area contributed by atoms with Gasteiger partial charge in [0.05, 0.1) is 18.3 Å². The number of nitrogens with one attached hydrogen (secondary N) is 1. The zero-order valence-electron chi connectivity index (χ0n) is 10.3. The highest BCUT2D eigenvalue weighted by molar-refractivity contribution is 7.07. The predicted octanol–water partition coefficient (Wildman–Crippen LogP) is 2.07. The van der Waals surface area contributed by atoms with Gasteiger partial charge in [-0.3, -0.25) is 0 Å². The van der Waals surface area contributed by atoms with Crippen molar-refractivity contribution in [3.05, 3.63) is 40.3 Å². The molecule has 0 aliphatic carbocycles. The molecular weight excluding hydrogens is 246 g/mol. The summed E-state index contributed by atoms with van der Waals surface area (Å²) in [5.74, 6) is 0.830. The van der Waals surface area contributed by atoms with E-state index in [0.29, 0.717) is 0 Å². The summed E-state index contributed by atoms with van der Waals surface area (Å²) in [5.41, 5.74) is 10.5. The van der Waals surface area contributed by atoms with Gasteiger partial charge in [-0.25, -0.2) is 4.98 Å². The molecule has 3 N–H and O–H groups in total. The van der Waals surface area contributed by atoms with E-state index in [0.717, 1.165) is 42.2 Å². The maximum atomic E-state index is 5.71. The van der Waals surface area contributed by atoms with Gasteiger partial charge in [-0.15, -0.1) is 11.3 Å². The van der Waals surface area contributed by atoms with Crippen molar-refractivity contribution >= 4 is 17.0 Å². The van der Waals surface area contributed by atoms with Crippen molar-refractivity contribution in [1.82, 2.24) is 10.3 Å². The van der Waals surface area contributed by atoms with E-state index in [-0.39, 0.29) is 0 Å². The summed E-state index contributed by atoms with van der Waals surface area (Å²) in [5, 5.41) is 5.45. The van der Waals surface area contributed by atoms with Crippen LogP contribution in [-0.4, -0.2) is 18.6 Å². The first-order valence-corrected chi connectivity index (χ1v) is 6.74. The third-order valence-corrected chi connectivity index (χ3v) is 3.30. The number of rotatable bonds is 6. The second-order valence-electron chi connectivity index (χ2n) is 3.98. The van der Waals surface area contributed by atoms with Gasteiger partial charge in [0.25, 0.3) is 0 Å². The molecule has 1 aromatic carbocycles. The Bertz CT molecular complexity index is 485. The van der Waals surface area contributed by atoms with Crippen LogP contribution in [0, 0.1) is 0 Å². The normalized spacial score (nSPS) is 10.5. The average molecular weight is 263 g/mol. The smallest absolute Gasteiger partial charge is 0.125 e. The minimum Gasteiger partial charge on any atom is -0.496 e. The highest BCUT2D eigenvalue weighted by Crippen LogP contribution is 2.21. The van der Waals surface area contributed by atoms with Gasteiger partial charge >= 0.3 is 0 Å². The van der Waals surface area contributed by atoms with E-state index in [4.69, 9.17) is 10.5 Å². The number of methoxy groups -OCH3 is 1. The van der Waals surface area contributed by atoms with Gasteiger partial charge in [-0.05, 0) is 6.07 Å². The quantitative estimate of drug-likeness (QED) is 0.618.